The number of carboxylic acids is 1. The van der Waals surface area contributed by atoms with E-state index in [1.54, 1.807) is 6.92 Å². The minimum absolute atomic E-state index is 0.193. The number of hydrogen-bond acceptors (Lipinski definition) is 3. The zero-order chi connectivity index (χ0) is 9.56. The van der Waals surface area contributed by atoms with Gasteiger partial charge in [-0.2, -0.15) is 0 Å². The number of hydrogen-bond donors (Lipinski definition) is 2. The molecule has 0 radical (unpaired) electrons. The highest BCUT2D eigenvalue weighted by molar-refractivity contribution is 6.04. The number of rotatable bonds is 5. The number of nitrogens with two attached hydrogens (primary N) is 1. The van der Waals surface area contributed by atoms with Crippen molar-refractivity contribution < 1.29 is 14.7 Å². The number of allylic oxidation sites excluding steroid dienone is 2. The Balaban J connectivity index is 4.29. The van der Waals surface area contributed by atoms with Crippen LogP contribution in [0, 0.1) is 5.92 Å². The molecule has 0 saturated heterocycles. The van der Waals surface area contributed by atoms with Crippen LogP contribution in [0.3, 0.4) is 0 Å². The lowest BCUT2D eigenvalue weighted by Crippen LogP contribution is -2.25. The van der Waals surface area contributed by atoms with Gasteiger partial charge in [0.25, 0.3) is 0 Å². The molecule has 1 unspecified atom stereocenters. The van der Waals surface area contributed by atoms with Crippen LogP contribution in [-0.2, 0) is 9.59 Å². The summed E-state index contributed by atoms with van der Waals surface area (Å²) in [6, 6.07) is 0. The first-order valence-corrected chi connectivity index (χ1v) is 3.73. The van der Waals surface area contributed by atoms with E-state index in [2.05, 4.69) is 0 Å². The Hall–Kier alpha value is -1.16. The Morgan fingerprint density at radius 1 is 1.58 bits per heavy atom. The van der Waals surface area contributed by atoms with E-state index in [0.717, 1.165) is 0 Å². The highest BCUT2D eigenvalue weighted by atomic mass is 16.4. The summed E-state index contributed by atoms with van der Waals surface area (Å²) in [5.41, 5.74) is 5.16. The smallest absolute Gasteiger partial charge is 0.314 e. The second kappa shape index (κ2) is 5.49. The normalized spacial score (nSPS) is 13.2. The maximum Gasteiger partial charge on any atom is 0.314 e. The number of carbonyl (C=O) groups excluding carboxylic acids is 1. The predicted molar refractivity (Wildman–Crippen MR) is 44.6 cm³/mol. The molecule has 0 aliphatic heterocycles. The Labute approximate surface area is 71.1 Å². The van der Waals surface area contributed by atoms with Crippen LogP contribution >= 0.6 is 0 Å². The SMILES string of the molecule is CC=CC(=O)C(CCN)C(=O)O. The third-order valence-electron chi connectivity index (χ3n) is 1.43. The maximum absolute atomic E-state index is 11.1. The van der Waals surface area contributed by atoms with E-state index >= 15 is 0 Å². The molecule has 0 amide bonds. The van der Waals surface area contributed by atoms with Gasteiger partial charge in [-0.25, -0.2) is 0 Å². The summed E-state index contributed by atoms with van der Waals surface area (Å²) in [6.45, 7) is 1.87. The quantitative estimate of drug-likeness (QED) is 0.456. The first-order chi connectivity index (χ1) is 5.63. The summed E-state index contributed by atoms with van der Waals surface area (Å²) in [5.74, 6) is -2.48. The fraction of sp³-hybridized carbons (Fsp3) is 0.500. The molecule has 0 aromatic carbocycles. The van der Waals surface area contributed by atoms with Gasteiger partial charge in [-0.3, -0.25) is 9.59 Å². The zero-order valence-corrected chi connectivity index (χ0v) is 6.99. The molecule has 0 saturated carbocycles. The molecule has 0 aliphatic rings. The average molecular weight is 171 g/mol. The van der Waals surface area contributed by atoms with Crippen molar-refractivity contribution in [3.63, 3.8) is 0 Å². The number of aliphatic carboxylic acids is 1. The Bertz CT molecular complexity index is 198. The number of carbonyl (C=O) groups is 2. The van der Waals surface area contributed by atoms with Gasteiger partial charge in [-0.05, 0) is 26.0 Å². The summed E-state index contributed by atoms with van der Waals surface area (Å²) in [6.07, 6.45) is 2.97. The molecule has 0 rings (SSSR count). The van der Waals surface area contributed by atoms with Crippen molar-refractivity contribution >= 4 is 11.8 Å². The standard InChI is InChI=1S/C8H13NO3/c1-2-3-7(10)6(4-5-9)8(11)12/h2-3,6H,4-5,9H2,1H3,(H,11,12). The van der Waals surface area contributed by atoms with Gasteiger partial charge in [0.1, 0.15) is 5.92 Å². The van der Waals surface area contributed by atoms with Gasteiger partial charge in [0.2, 0.25) is 0 Å². The highest BCUT2D eigenvalue weighted by Gasteiger charge is 2.22. The van der Waals surface area contributed by atoms with Crippen LogP contribution in [0.5, 0.6) is 0 Å². The van der Waals surface area contributed by atoms with E-state index in [0.29, 0.717) is 0 Å². The van der Waals surface area contributed by atoms with Gasteiger partial charge < -0.3 is 10.8 Å². The summed E-state index contributed by atoms with van der Waals surface area (Å²) < 4.78 is 0. The second-order valence-corrected chi connectivity index (χ2v) is 2.37. The van der Waals surface area contributed by atoms with Gasteiger partial charge in [0, 0.05) is 0 Å². The molecule has 0 heterocycles. The van der Waals surface area contributed by atoms with E-state index < -0.39 is 17.7 Å². The molecule has 0 aromatic heterocycles. The van der Waals surface area contributed by atoms with Gasteiger partial charge in [-0.15, -0.1) is 0 Å². The molecule has 3 N–H and O–H groups in total. The van der Waals surface area contributed by atoms with Crippen LogP contribution in [0.2, 0.25) is 0 Å². The molecule has 12 heavy (non-hydrogen) atoms. The van der Waals surface area contributed by atoms with Crippen molar-refractivity contribution in [2.45, 2.75) is 13.3 Å². The van der Waals surface area contributed by atoms with Crippen molar-refractivity contribution in [2.75, 3.05) is 6.54 Å². The summed E-state index contributed by atoms with van der Waals surface area (Å²) in [4.78, 5) is 21.5. The van der Waals surface area contributed by atoms with Gasteiger partial charge in [-0.1, -0.05) is 6.08 Å². The minimum Gasteiger partial charge on any atom is -0.481 e. The van der Waals surface area contributed by atoms with E-state index in [1.165, 1.54) is 12.2 Å². The lowest BCUT2D eigenvalue weighted by molar-refractivity contribution is -0.145. The fourth-order valence-corrected chi connectivity index (χ4v) is 0.835. The molecule has 0 bridgehead atoms. The highest BCUT2D eigenvalue weighted by Crippen LogP contribution is 2.04. The predicted octanol–water partition coefficient (Wildman–Crippen LogP) is 0.181. The fourth-order valence-electron chi connectivity index (χ4n) is 0.835. The number of carboxylic acid groups (broad SMARTS) is 1. The lowest BCUT2D eigenvalue weighted by atomic mass is 10.0. The van der Waals surface area contributed by atoms with Crippen molar-refractivity contribution in [1.82, 2.24) is 0 Å². The van der Waals surface area contributed by atoms with Crippen LogP contribution < -0.4 is 5.73 Å². The Morgan fingerprint density at radius 3 is 2.50 bits per heavy atom. The molecule has 0 fully saturated rings. The molecular weight excluding hydrogens is 158 g/mol. The van der Waals surface area contributed by atoms with Crippen molar-refractivity contribution in [3.8, 4) is 0 Å². The largest absolute Gasteiger partial charge is 0.481 e. The van der Waals surface area contributed by atoms with Crippen LogP contribution in [0.15, 0.2) is 12.2 Å². The van der Waals surface area contributed by atoms with Crippen LogP contribution in [0.1, 0.15) is 13.3 Å². The number of ketones is 1. The van der Waals surface area contributed by atoms with E-state index in [1.807, 2.05) is 0 Å². The molecule has 4 nitrogen and oxygen atoms in total. The van der Waals surface area contributed by atoms with E-state index in [4.69, 9.17) is 10.8 Å². The van der Waals surface area contributed by atoms with Crippen molar-refractivity contribution in [1.29, 1.82) is 0 Å². The zero-order valence-electron chi connectivity index (χ0n) is 6.99. The van der Waals surface area contributed by atoms with Gasteiger partial charge in [0.05, 0.1) is 0 Å². The van der Waals surface area contributed by atoms with Crippen LogP contribution in [0.4, 0.5) is 0 Å². The molecule has 0 aromatic rings. The molecule has 0 spiro atoms. The van der Waals surface area contributed by atoms with E-state index in [9.17, 15) is 9.59 Å². The lowest BCUT2D eigenvalue weighted by Gasteiger charge is -2.05. The molecule has 0 aliphatic carbocycles. The van der Waals surface area contributed by atoms with Gasteiger partial charge in [0.15, 0.2) is 5.78 Å². The monoisotopic (exact) mass is 171 g/mol. The summed E-state index contributed by atoms with van der Waals surface area (Å²) in [7, 11) is 0. The first kappa shape index (κ1) is 10.8. The third kappa shape index (κ3) is 3.30. The van der Waals surface area contributed by atoms with Crippen molar-refractivity contribution in [3.05, 3.63) is 12.2 Å². The minimum atomic E-state index is -1.11. The second-order valence-electron chi connectivity index (χ2n) is 2.37. The first-order valence-electron chi connectivity index (χ1n) is 3.73. The Kier molecular flexibility index (Phi) is 4.96. The van der Waals surface area contributed by atoms with Gasteiger partial charge >= 0.3 is 5.97 Å². The van der Waals surface area contributed by atoms with Crippen LogP contribution in [0.25, 0.3) is 0 Å². The average Bonchev–Trinajstić information content (AvgIpc) is 1.99. The van der Waals surface area contributed by atoms with Crippen LogP contribution in [-0.4, -0.2) is 23.4 Å². The summed E-state index contributed by atoms with van der Waals surface area (Å²) in [5, 5.41) is 8.59. The molecular formula is C8H13NO3. The molecule has 4 heteroatoms. The third-order valence-corrected chi connectivity index (χ3v) is 1.43. The molecule has 1 atom stereocenters. The van der Waals surface area contributed by atoms with Crippen molar-refractivity contribution in [2.24, 2.45) is 11.7 Å². The topological polar surface area (TPSA) is 80.4 Å². The summed E-state index contributed by atoms with van der Waals surface area (Å²) >= 11 is 0. The Morgan fingerprint density at radius 2 is 2.17 bits per heavy atom. The molecule has 68 valence electrons. The van der Waals surface area contributed by atoms with E-state index in [-0.39, 0.29) is 13.0 Å². The maximum atomic E-state index is 11.1.